The third-order valence-electron chi connectivity index (χ3n) is 12.9. The average molecular weight is 579 g/mol. The second-order valence-corrected chi connectivity index (χ2v) is 14.7. The van der Waals surface area contributed by atoms with Crippen molar-refractivity contribution in [3.05, 3.63) is 29.3 Å². The predicted octanol–water partition coefficient (Wildman–Crippen LogP) is 5.63. The topological polar surface area (TPSA) is 126 Å². The second kappa shape index (κ2) is 9.93. The molecular weight excluding hydrogens is 532 g/mol. The summed E-state index contributed by atoms with van der Waals surface area (Å²) in [6.45, 7) is 12.9. The minimum absolute atomic E-state index is 0.0368. The molecule has 4 aliphatic carbocycles. The lowest BCUT2D eigenvalue weighted by Gasteiger charge is -2.66. The molecule has 1 aromatic carbocycles. The van der Waals surface area contributed by atoms with Crippen molar-refractivity contribution in [2.75, 3.05) is 0 Å². The number of rotatable bonds is 5. The Hall–Kier alpha value is -2.67. The van der Waals surface area contributed by atoms with Crippen LogP contribution in [0.3, 0.4) is 0 Å². The van der Waals surface area contributed by atoms with Gasteiger partial charge in [0.1, 0.15) is 11.7 Å². The highest BCUT2D eigenvalue weighted by atomic mass is 16.3. The number of aliphatic hydroxyl groups is 1. The van der Waals surface area contributed by atoms with Crippen molar-refractivity contribution in [3.63, 3.8) is 0 Å². The zero-order chi connectivity index (χ0) is 31.2. The van der Waals surface area contributed by atoms with Gasteiger partial charge < -0.3 is 10.2 Å². The fourth-order valence-corrected chi connectivity index (χ4v) is 10.1. The zero-order valence-corrected chi connectivity index (χ0v) is 26.1. The first-order chi connectivity index (χ1) is 19.6. The van der Waals surface area contributed by atoms with Crippen LogP contribution < -0.4 is 0 Å². The molecule has 0 saturated heterocycles. The molecule has 2 N–H and O–H groups in total. The molecule has 3 unspecified atom stereocenters. The van der Waals surface area contributed by atoms with Crippen LogP contribution in [0.15, 0.2) is 18.2 Å². The lowest BCUT2D eigenvalue weighted by atomic mass is 9.35. The van der Waals surface area contributed by atoms with Crippen LogP contribution >= 0.6 is 0 Å². The molecule has 7 heteroatoms. The summed E-state index contributed by atoms with van der Waals surface area (Å²) < 4.78 is 0. The number of hydrogen-bond donors (Lipinski definition) is 2. The van der Waals surface area contributed by atoms with Crippen molar-refractivity contribution in [1.29, 1.82) is 0 Å². The molecule has 0 aliphatic heterocycles. The van der Waals surface area contributed by atoms with Crippen molar-refractivity contribution >= 4 is 28.9 Å². The molecule has 3 saturated carbocycles. The SMILES string of the molecule is CCC1(CC(=O)C2C(=O)C(C(C)C)[C@@]3(C)[C@H](C)[C@]4(C)C(C(=O)c5c(O)cccc5[C@H]4C)C(=O)[C@@]3(O)C2=O)CCCCC1. The van der Waals surface area contributed by atoms with Crippen LogP contribution in [0.4, 0.5) is 0 Å². The Balaban J connectivity index is 1.68. The molecule has 0 aromatic heterocycles. The Morgan fingerprint density at radius 3 is 2.19 bits per heavy atom. The lowest BCUT2D eigenvalue weighted by molar-refractivity contribution is -0.222. The largest absolute Gasteiger partial charge is 0.507 e. The van der Waals surface area contributed by atoms with E-state index in [-0.39, 0.29) is 29.1 Å². The Kier molecular flexibility index (Phi) is 7.28. The fourth-order valence-electron chi connectivity index (χ4n) is 10.1. The summed E-state index contributed by atoms with van der Waals surface area (Å²) in [5, 5.41) is 23.3. The van der Waals surface area contributed by atoms with Crippen LogP contribution in [0.2, 0.25) is 0 Å². The second-order valence-electron chi connectivity index (χ2n) is 14.7. The molecule has 7 nitrogen and oxygen atoms in total. The molecule has 0 bridgehead atoms. The van der Waals surface area contributed by atoms with Crippen LogP contribution in [0.25, 0.3) is 0 Å². The van der Waals surface area contributed by atoms with E-state index >= 15 is 0 Å². The van der Waals surface area contributed by atoms with Gasteiger partial charge in [-0.25, -0.2) is 0 Å². The monoisotopic (exact) mass is 578 g/mol. The highest BCUT2D eigenvalue weighted by Crippen LogP contribution is 2.69. The average Bonchev–Trinajstić information content (AvgIpc) is 2.93. The van der Waals surface area contributed by atoms with Gasteiger partial charge in [-0.1, -0.05) is 86.3 Å². The summed E-state index contributed by atoms with van der Waals surface area (Å²) in [6, 6.07) is 4.82. The summed E-state index contributed by atoms with van der Waals surface area (Å²) in [4.78, 5) is 71.8. The third-order valence-corrected chi connectivity index (χ3v) is 12.9. The van der Waals surface area contributed by atoms with Crippen LogP contribution in [-0.2, 0) is 19.2 Å². The van der Waals surface area contributed by atoms with Gasteiger partial charge in [-0.2, -0.15) is 0 Å². The number of carbonyl (C=O) groups excluding carboxylic acids is 5. The molecular formula is C35H46O7. The number of phenolic OH excluding ortho intramolecular Hbond substituents is 1. The van der Waals surface area contributed by atoms with E-state index in [0.717, 1.165) is 38.5 Å². The summed E-state index contributed by atoms with van der Waals surface area (Å²) in [5.41, 5.74) is -4.98. The van der Waals surface area contributed by atoms with Crippen molar-refractivity contribution in [3.8, 4) is 5.75 Å². The third kappa shape index (κ3) is 3.64. The molecule has 1 aromatic rings. The normalized spacial score (nSPS) is 39.5. The molecule has 5 rings (SSSR count). The van der Waals surface area contributed by atoms with Gasteiger partial charge in [-0.3, -0.25) is 24.0 Å². The molecule has 0 radical (unpaired) electrons. The molecule has 228 valence electrons. The Labute approximate surface area is 248 Å². The van der Waals surface area contributed by atoms with Gasteiger partial charge in [0.25, 0.3) is 0 Å². The number of carbonyl (C=O) groups is 5. The highest BCUT2D eigenvalue weighted by molar-refractivity contribution is 6.33. The number of fused-ring (bicyclic) bond motifs is 3. The Morgan fingerprint density at radius 1 is 1.00 bits per heavy atom. The Morgan fingerprint density at radius 2 is 1.62 bits per heavy atom. The van der Waals surface area contributed by atoms with Gasteiger partial charge in [-0.05, 0) is 53.1 Å². The molecule has 3 fully saturated rings. The number of aromatic hydroxyl groups is 1. The maximum atomic E-state index is 14.7. The molecule has 42 heavy (non-hydrogen) atoms. The number of Topliss-reactive ketones (excluding diaryl/α,β-unsaturated/α-hetero) is 5. The molecule has 4 aliphatic rings. The smallest absolute Gasteiger partial charge is 0.190 e. The van der Waals surface area contributed by atoms with Crippen molar-refractivity contribution in [2.24, 2.45) is 45.8 Å². The summed E-state index contributed by atoms with van der Waals surface area (Å²) >= 11 is 0. The van der Waals surface area contributed by atoms with E-state index in [1.54, 1.807) is 19.1 Å². The van der Waals surface area contributed by atoms with Gasteiger partial charge in [0.15, 0.2) is 34.5 Å². The number of benzene rings is 1. The predicted molar refractivity (Wildman–Crippen MR) is 157 cm³/mol. The van der Waals surface area contributed by atoms with Gasteiger partial charge in [-0.15, -0.1) is 0 Å². The van der Waals surface area contributed by atoms with E-state index in [2.05, 4.69) is 0 Å². The number of phenols is 1. The first-order valence-electron chi connectivity index (χ1n) is 15.8. The van der Waals surface area contributed by atoms with Crippen molar-refractivity contribution in [1.82, 2.24) is 0 Å². The Bertz CT molecular complexity index is 1370. The first-order valence-corrected chi connectivity index (χ1v) is 15.8. The summed E-state index contributed by atoms with van der Waals surface area (Å²) in [5.74, 6) is -9.46. The van der Waals surface area contributed by atoms with Gasteiger partial charge >= 0.3 is 0 Å². The highest BCUT2D eigenvalue weighted by Gasteiger charge is 2.79. The van der Waals surface area contributed by atoms with E-state index in [1.807, 2.05) is 41.5 Å². The minimum atomic E-state index is -2.71. The molecule has 0 spiro atoms. The molecule has 0 amide bonds. The van der Waals surface area contributed by atoms with E-state index in [1.165, 1.54) is 6.07 Å². The van der Waals surface area contributed by atoms with Crippen molar-refractivity contribution in [2.45, 2.75) is 105 Å². The van der Waals surface area contributed by atoms with Crippen LogP contribution in [-0.4, -0.2) is 44.7 Å². The van der Waals surface area contributed by atoms with Crippen LogP contribution in [0, 0.1) is 45.8 Å². The summed E-state index contributed by atoms with van der Waals surface area (Å²) in [6.07, 6.45) is 5.53. The zero-order valence-electron chi connectivity index (χ0n) is 26.1. The van der Waals surface area contributed by atoms with E-state index in [4.69, 9.17) is 0 Å². The minimum Gasteiger partial charge on any atom is -0.507 e. The van der Waals surface area contributed by atoms with Gasteiger partial charge in [0.05, 0.1) is 11.5 Å². The quantitative estimate of drug-likeness (QED) is 0.434. The fraction of sp³-hybridized carbons (Fsp3) is 0.686. The van der Waals surface area contributed by atoms with E-state index in [0.29, 0.717) is 5.56 Å². The first kappa shape index (κ1) is 30.8. The van der Waals surface area contributed by atoms with E-state index < -0.39 is 74.9 Å². The van der Waals surface area contributed by atoms with Gasteiger partial charge in [0, 0.05) is 17.8 Å². The lowest BCUT2D eigenvalue weighted by Crippen LogP contribution is -2.80. The maximum absolute atomic E-state index is 14.7. The molecule has 8 atom stereocenters. The van der Waals surface area contributed by atoms with Crippen molar-refractivity contribution < 1.29 is 34.2 Å². The number of hydrogen-bond acceptors (Lipinski definition) is 7. The van der Waals surface area contributed by atoms with Crippen LogP contribution in [0.1, 0.15) is 115 Å². The number of ketones is 5. The standard InChI is InChI=1S/C35H46O7/c1-8-34(15-10-9-11-16-34)17-23(37)25-29(39)26(18(2)3)33(7)20(5)32(6)19(4)21-13-12-14-22(36)24(21)28(38)27(32)31(41)35(33,42)30(25)40/h12-14,18-20,25-27,36,42H,8-11,15-17H2,1-7H3/t19-,20-,25?,26?,27?,32-,33-,35+/m1/s1. The summed E-state index contributed by atoms with van der Waals surface area (Å²) in [7, 11) is 0. The van der Waals surface area contributed by atoms with E-state index in [9.17, 15) is 34.2 Å². The van der Waals surface area contributed by atoms with Crippen LogP contribution in [0.5, 0.6) is 5.75 Å². The van der Waals surface area contributed by atoms with Gasteiger partial charge in [0.2, 0.25) is 0 Å². The maximum Gasteiger partial charge on any atom is 0.190 e. The molecule has 0 heterocycles.